The van der Waals surface area contributed by atoms with E-state index in [4.69, 9.17) is 11.6 Å². The summed E-state index contributed by atoms with van der Waals surface area (Å²) in [6.45, 7) is 3.09. The number of carbonyl (C=O) groups excluding carboxylic acids is 1. The smallest absolute Gasteiger partial charge is 0.253 e. The molecular weight excluding hydrogens is 271 g/mol. The number of carbonyl (C=O) groups is 1. The van der Waals surface area contributed by atoms with E-state index in [0.717, 1.165) is 19.4 Å². The lowest BCUT2D eigenvalue weighted by Gasteiger charge is -2.28. The molecule has 100 valence electrons. The third-order valence-electron chi connectivity index (χ3n) is 3.08. The molecule has 0 saturated carbocycles. The number of amides is 1. The molecule has 1 amide bonds. The normalized spacial score (nSPS) is 23.0. The fourth-order valence-corrected chi connectivity index (χ4v) is 2.39. The van der Waals surface area contributed by atoms with Crippen molar-refractivity contribution in [3.8, 4) is 0 Å². The van der Waals surface area contributed by atoms with Crippen LogP contribution in [0.4, 0.5) is 0 Å². The predicted octanol–water partition coefficient (Wildman–Crippen LogP) is 2.63. The molecule has 2 atom stereocenters. The number of nitrogens with one attached hydrogen (secondary N) is 2. The van der Waals surface area contributed by atoms with Crippen LogP contribution in [0.2, 0.25) is 5.02 Å². The van der Waals surface area contributed by atoms with Crippen LogP contribution in [0.5, 0.6) is 0 Å². The van der Waals surface area contributed by atoms with Gasteiger partial charge in [-0.1, -0.05) is 23.7 Å². The summed E-state index contributed by atoms with van der Waals surface area (Å²) in [6.07, 6.45) is 1.94. The Morgan fingerprint density at radius 3 is 2.83 bits per heavy atom. The second kappa shape index (κ2) is 6.98. The first-order valence-electron chi connectivity index (χ1n) is 5.95. The van der Waals surface area contributed by atoms with Gasteiger partial charge in [0.05, 0.1) is 10.6 Å². The number of hydrogen-bond acceptors (Lipinski definition) is 2. The van der Waals surface area contributed by atoms with Crippen molar-refractivity contribution in [2.24, 2.45) is 0 Å². The van der Waals surface area contributed by atoms with E-state index < -0.39 is 0 Å². The van der Waals surface area contributed by atoms with E-state index in [0.29, 0.717) is 16.6 Å². The Bertz CT molecular complexity index is 412. The summed E-state index contributed by atoms with van der Waals surface area (Å²) in [7, 11) is 0. The topological polar surface area (TPSA) is 41.1 Å². The van der Waals surface area contributed by atoms with E-state index in [9.17, 15) is 4.79 Å². The average Bonchev–Trinajstić information content (AvgIpc) is 2.29. The molecule has 3 nitrogen and oxygen atoms in total. The fourth-order valence-electron chi connectivity index (χ4n) is 2.17. The quantitative estimate of drug-likeness (QED) is 0.878. The zero-order valence-electron chi connectivity index (χ0n) is 10.3. The largest absolute Gasteiger partial charge is 0.349 e. The first-order chi connectivity index (χ1) is 8.16. The molecule has 0 spiro atoms. The molecule has 2 rings (SSSR count). The van der Waals surface area contributed by atoms with Crippen LogP contribution in [0, 0.1) is 0 Å². The Labute approximate surface area is 119 Å². The van der Waals surface area contributed by atoms with Crippen LogP contribution >= 0.6 is 24.0 Å². The standard InChI is InChI=1S/C13H17ClN2O.ClH/c1-9-8-10(6-7-15-9)16-13(17)11-4-2-3-5-12(11)14;/h2-5,9-10,15H,6-8H2,1H3,(H,16,17);1H. The zero-order chi connectivity index (χ0) is 12.3. The third-order valence-corrected chi connectivity index (χ3v) is 3.41. The molecule has 1 aromatic rings. The van der Waals surface area contributed by atoms with Crippen LogP contribution in [0.1, 0.15) is 30.1 Å². The highest BCUT2D eigenvalue weighted by atomic mass is 35.5. The summed E-state index contributed by atoms with van der Waals surface area (Å²) in [5.74, 6) is -0.0744. The van der Waals surface area contributed by atoms with E-state index in [1.54, 1.807) is 12.1 Å². The van der Waals surface area contributed by atoms with E-state index >= 15 is 0 Å². The molecule has 0 aromatic heterocycles. The van der Waals surface area contributed by atoms with Crippen molar-refractivity contribution in [3.05, 3.63) is 34.9 Å². The molecule has 0 aliphatic carbocycles. The van der Waals surface area contributed by atoms with Gasteiger partial charge < -0.3 is 10.6 Å². The highest BCUT2D eigenvalue weighted by molar-refractivity contribution is 6.33. The van der Waals surface area contributed by atoms with Gasteiger partial charge in [-0.25, -0.2) is 0 Å². The Hall–Kier alpha value is -0.770. The van der Waals surface area contributed by atoms with Crippen molar-refractivity contribution in [2.75, 3.05) is 6.54 Å². The maximum absolute atomic E-state index is 12.0. The second-order valence-corrected chi connectivity index (χ2v) is 4.94. The van der Waals surface area contributed by atoms with E-state index in [-0.39, 0.29) is 24.4 Å². The first-order valence-corrected chi connectivity index (χ1v) is 6.33. The van der Waals surface area contributed by atoms with Gasteiger partial charge in [0.25, 0.3) is 5.91 Å². The molecular formula is C13H18Cl2N2O. The number of rotatable bonds is 2. The number of halogens is 2. The minimum absolute atomic E-state index is 0. The Morgan fingerprint density at radius 2 is 2.17 bits per heavy atom. The summed E-state index contributed by atoms with van der Waals surface area (Å²) < 4.78 is 0. The Kier molecular flexibility index (Phi) is 5.93. The van der Waals surface area contributed by atoms with Gasteiger partial charge in [-0.05, 0) is 38.4 Å². The molecule has 1 fully saturated rings. The van der Waals surface area contributed by atoms with Crippen LogP contribution in [0.25, 0.3) is 0 Å². The minimum Gasteiger partial charge on any atom is -0.349 e. The van der Waals surface area contributed by atoms with Gasteiger partial charge in [0.15, 0.2) is 0 Å². The number of benzene rings is 1. The van der Waals surface area contributed by atoms with Crippen LogP contribution in [-0.2, 0) is 0 Å². The lowest BCUT2D eigenvalue weighted by Crippen LogP contribution is -2.46. The van der Waals surface area contributed by atoms with Crippen molar-refractivity contribution >= 4 is 29.9 Å². The van der Waals surface area contributed by atoms with Crippen LogP contribution in [-0.4, -0.2) is 24.5 Å². The summed E-state index contributed by atoms with van der Waals surface area (Å²) >= 11 is 5.99. The highest BCUT2D eigenvalue weighted by Crippen LogP contribution is 2.16. The monoisotopic (exact) mass is 288 g/mol. The van der Waals surface area contributed by atoms with Crippen molar-refractivity contribution in [1.82, 2.24) is 10.6 Å². The highest BCUT2D eigenvalue weighted by Gasteiger charge is 2.21. The summed E-state index contributed by atoms with van der Waals surface area (Å²) in [4.78, 5) is 12.0. The van der Waals surface area contributed by atoms with Crippen LogP contribution in [0.3, 0.4) is 0 Å². The van der Waals surface area contributed by atoms with Gasteiger partial charge >= 0.3 is 0 Å². The molecule has 18 heavy (non-hydrogen) atoms. The summed E-state index contributed by atoms with van der Waals surface area (Å²) in [5, 5.41) is 6.91. The Balaban J connectivity index is 0.00000162. The average molecular weight is 289 g/mol. The van der Waals surface area contributed by atoms with E-state index in [1.165, 1.54) is 0 Å². The molecule has 0 radical (unpaired) electrons. The lowest BCUT2D eigenvalue weighted by atomic mass is 10.0. The van der Waals surface area contributed by atoms with Gasteiger partial charge in [0, 0.05) is 12.1 Å². The molecule has 2 N–H and O–H groups in total. The van der Waals surface area contributed by atoms with Crippen LogP contribution in [0.15, 0.2) is 24.3 Å². The van der Waals surface area contributed by atoms with Gasteiger partial charge in [-0.3, -0.25) is 4.79 Å². The maximum Gasteiger partial charge on any atom is 0.253 e. The molecule has 1 saturated heterocycles. The van der Waals surface area contributed by atoms with Crippen molar-refractivity contribution < 1.29 is 4.79 Å². The molecule has 1 heterocycles. The molecule has 1 aliphatic heterocycles. The minimum atomic E-state index is -0.0744. The zero-order valence-corrected chi connectivity index (χ0v) is 11.9. The van der Waals surface area contributed by atoms with Crippen molar-refractivity contribution in [3.63, 3.8) is 0 Å². The summed E-state index contributed by atoms with van der Waals surface area (Å²) in [5.41, 5.74) is 0.556. The van der Waals surface area contributed by atoms with Gasteiger partial charge in [0.1, 0.15) is 0 Å². The molecule has 0 bridgehead atoms. The second-order valence-electron chi connectivity index (χ2n) is 4.53. The lowest BCUT2D eigenvalue weighted by molar-refractivity contribution is 0.0926. The third kappa shape index (κ3) is 3.87. The van der Waals surface area contributed by atoms with Crippen molar-refractivity contribution in [2.45, 2.75) is 31.8 Å². The summed E-state index contributed by atoms with van der Waals surface area (Å²) in [6, 6.07) is 7.84. The van der Waals surface area contributed by atoms with Gasteiger partial charge in [0.2, 0.25) is 0 Å². The van der Waals surface area contributed by atoms with Crippen molar-refractivity contribution in [1.29, 1.82) is 0 Å². The first kappa shape index (κ1) is 15.3. The Morgan fingerprint density at radius 1 is 1.44 bits per heavy atom. The SMILES string of the molecule is CC1CC(NC(=O)c2ccccc2Cl)CCN1.Cl. The molecule has 5 heteroatoms. The fraction of sp³-hybridized carbons (Fsp3) is 0.462. The van der Waals surface area contributed by atoms with Crippen LogP contribution < -0.4 is 10.6 Å². The predicted molar refractivity (Wildman–Crippen MR) is 76.7 cm³/mol. The molecule has 2 unspecified atom stereocenters. The van der Waals surface area contributed by atoms with E-state index in [2.05, 4.69) is 17.6 Å². The number of hydrogen-bond donors (Lipinski definition) is 2. The van der Waals surface area contributed by atoms with Gasteiger partial charge in [-0.2, -0.15) is 0 Å². The van der Waals surface area contributed by atoms with Gasteiger partial charge in [-0.15, -0.1) is 12.4 Å². The number of piperidine rings is 1. The molecule has 1 aliphatic rings. The molecule has 1 aromatic carbocycles. The van der Waals surface area contributed by atoms with E-state index in [1.807, 2.05) is 12.1 Å². The maximum atomic E-state index is 12.0.